The van der Waals surface area contributed by atoms with Crippen LogP contribution in [-0.4, -0.2) is 10.2 Å². The van der Waals surface area contributed by atoms with Crippen LogP contribution in [0.4, 0.5) is 0 Å². The summed E-state index contributed by atoms with van der Waals surface area (Å²) >= 11 is 4.91. The van der Waals surface area contributed by atoms with E-state index in [1.165, 1.54) is 6.42 Å². The third-order valence-electron chi connectivity index (χ3n) is 1.38. The molecular formula is C7H11BrN2S. The predicted molar refractivity (Wildman–Crippen MR) is 50.8 cm³/mol. The molecule has 4 heteroatoms. The first kappa shape index (κ1) is 9.13. The molecule has 2 nitrogen and oxygen atoms in total. The van der Waals surface area contributed by atoms with E-state index in [0.717, 1.165) is 21.3 Å². The van der Waals surface area contributed by atoms with E-state index in [1.807, 2.05) is 0 Å². The van der Waals surface area contributed by atoms with E-state index >= 15 is 0 Å². The van der Waals surface area contributed by atoms with Crippen LogP contribution in [0.5, 0.6) is 0 Å². The summed E-state index contributed by atoms with van der Waals surface area (Å²) in [6, 6.07) is 0. The Labute approximate surface area is 79.2 Å². The molecule has 0 unspecified atom stereocenters. The number of nitrogens with zero attached hydrogens (tertiary/aromatic N) is 2. The summed E-state index contributed by atoms with van der Waals surface area (Å²) in [6.45, 7) is 4.44. The lowest BCUT2D eigenvalue weighted by atomic mass is 10.1. The van der Waals surface area contributed by atoms with Gasteiger partial charge in [-0.3, -0.25) is 0 Å². The van der Waals surface area contributed by atoms with Gasteiger partial charge in [0.15, 0.2) is 3.92 Å². The van der Waals surface area contributed by atoms with Gasteiger partial charge in [0, 0.05) is 6.42 Å². The van der Waals surface area contributed by atoms with Crippen molar-refractivity contribution in [1.82, 2.24) is 10.2 Å². The fourth-order valence-corrected chi connectivity index (χ4v) is 1.96. The van der Waals surface area contributed by atoms with Gasteiger partial charge < -0.3 is 0 Å². The second kappa shape index (κ2) is 4.16. The molecule has 1 aromatic heterocycles. The van der Waals surface area contributed by atoms with Crippen LogP contribution in [0, 0.1) is 5.92 Å². The first-order valence-electron chi connectivity index (χ1n) is 3.66. The predicted octanol–water partition coefficient (Wildman–Crippen LogP) is 2.89. The number of hydrogen-bond acceptors (Lipinski definition) is 3. The van der Waals surface area contributed by atoms with Gasteiger partial charge in [0.1, 0.15) is 5.01 Å². The van der Waals surface area contributed by atoms with Crippen molar-refractivity contribution in [3.63, 3.8) is 0 Å². The van der Waals surface area contributed by atoms with Crippen molar-refractivity contribution in [2.45, 2.75) is 26.7 Å². The summed E-state index contributed by atoms with van der Waals surface area (Å²) in [5.74, 6) is 0.748. The summed E-state index contributed by atoms with van der Waals surface area (Å²) in [6.07, 6.45) is 2.25. The van der Waals surface area contributed by atoms with Crippen LogP contribution in [0.15, 0.2) is 3.92 Å². The molecule has 0 aliphatic rings. The standard InChI is InChI=1S/C7H11BrN2S/c1-5(2)3-4-6-9-10-7(8)11-6/h5H,3-4H2,1-2H3. The van der Waals surface area contributed by atoms with Gasteiger partial charge in [0.2, 0.25) is 0 Å². The van der Waals surface area contributed by atoms with Crippen molar-refractivity contribution >= 4 is 27.3 Å². The van der Waals surface area contributed by atoms with Crippen LogP contribution in [0.1, 0.15) is 25.3 Å². The summed E-state index contributed by atoms with van der Waals surface area (Å²) in [5.41, 5.74) is 0. The Morgan fingerprint density at radius 2 is 2.18 bits per heavy atom. The lowest BCUT2D eigenvalue weighted by molar-refractivity contribution is 0.584. The van der Waals surface area contributed by atoms with Crippen molar-refractivity contribution in [2.24, 2.45) is 5.92 Å². The smallest absolute Gasteiger partial charge is 0.143 e. The molecule has 0 saturated heterocycles. The molecule has 1 aromatic rings. The van der Waals surface area contributed by atoms with E-state index in [4.69, 9.17) is 0 Å². The highest BCUT2D eigenvalue weighted by Crippen LogP contribution is 2.18. The molecule has 0 aliphatic heterocycles. The summed E-state index contributed by atoms with van der Waals surface area (Å²) in [4.78, 5) is 0. The third kappa shape index (κ3) is 3.29. The Morgan fingerprint density at radius 3 is 2.64 bits per heavy atom. The molecule has 0 aromatic carbocycles. The number of rotatable bonds is 3. The molecule has 0 amide bonds. The molecule has 1 heterocycles. The molecule has 11 heavy (non-hydrogen) atoms. The van der Waals surface area contributed by atoms with E-state index in [1.54, 1.807) is 11.3 Å². The Morgan fingerprint density at radius 1 is 1.45 bits per heavy atom. The average molecular weight is 235 g/mol. The maximum atomic E-state index is 4.01. The summed E-state index contributed by atoms with van der Waals surface area (Å²) in [5, 5.41) is 9.02. The fourth-order valence-electron chi connectivity index (χ4n) is 0.746. The van der Waals surface area contributed by atoms with E-state index in [0.29, 0.717) is 0 Å². The number of aromatic nitrogens is 2. The molecule has 0 radical (unpaired) electrons. The van der Waals surface area contributed by atoms with E-state index < -0.39 is 0 Å². The lowest BCUT2D eigenvalue weighted by Gasteiger charge is -1.99. The Hall–Kier alpha value is 0.0400. The van der Waals surface area contributed by atoms with Crippen LogP contribution in [-0.2, 0) is 6.42 Å². The molecule has 62 valence electrons. The Balaban J connectivity index is 2.39. The van der Waals surface area contributed by atoms with Gasteiger partial charge in [-0.15, -0.1) is 10.2 Å². The second-order valence-corrected chi connectivity index (χ2v) is 5.22. The normalized spacial score (nSPS) is 10.9. The molecule has 0 spiro atoms. The largest absolute Gasteiger partial charge is 0.183 e. The summed E-state index contributed by atoms with van der Waals surface area (Å²) in [7, 11) is 0. The van der Waals surface area contributed by atoms with Gasteiger partial charge in [-0.25, -0.2) is 0 Å². The minimum absolute atomic E-state index is 0.748. The quantitative estimate of drug-likeness (QED) is 0.804. The van der Waals surface area contributed by atoms with E-state index in [2.05, 4.69) is 40.0 Å². The van der Waals surface area contributed by atoms with Crippen LogP contribution in [0.2, 0.25) is 0 Å². The van der Waals surface area contributed by atoms with Crippen molar-refractivity contribution in [2.75, 3.05) is 0 Å². The zero-order valence-corrected chi connectivity index (χ0v) is 9.07. The van der Waals surface area contributed by atoms with Crippen molar-refractivity contribution in [3.05, 3.63) is 8.92 Å². The van der Waals surface area contributed by atoms with Gasteiger partial charge >= 0.3 is 0 Å². The number of halogens is 1. The monoisotopic (exact) mass is 234 g/mol. The minimum Gasteiger partial charge on any atom is -0.143 e. The number of hydrogen-bond donors (Lipinski definition) is 0. The van der Waals surface area contributed by atoms with E-state index in [9.17, 15) is 0 Å². The topological polar surface area (TPSA) is 25.8 Å². The van der Waals surface area contributed by atoms with Gasteiger partial charge in [0.05, 0.1) is 0 Å². The highest BCUT2D eigenvalue weighted by atomic mass is 79.9. The Kier molecular flexibility index (Phi) is 3.45. The SMILES string of the molecule is CC(C)CCc1nnc(Br)s1. The Bertz CT molecular complexity index is 222. The fraction of sp³-hybridized carbons (Fsp3) is 0.714. The zero-order chi connectivity index (χ0) is 8.27. The van der Waals surface area contributed by atoms with Crippen LogP contribution in [0.25, 0.3) is 0 Å². The molecule has 1 rings (SSSR count). The second-order valence-electron chi connectivity index (χ2n) is 2.88. The molecule has 0 fully saturated rings. The van der Waals surface area contributed by atoms with Crippen LogP contribution < -0.4 is 0 Å². The van der Waals surface area contributed by atoms with Crippen molar-refractivity contribution < 1.29 is 0 Å². The molecule has 0 saturated carbocycles. The van der Waals surface area contributed by atoms with Crippen molar-refractivity contribution in [1.29, 1.82) is 0 Å². The van der Waals surface area contributed by atoms with Gasteiger partial charge in [0.25, 0.3) is 0 Å². The molecular weight excluding hydrogens is 224 g/mol. The highest BCUT2D eigenvalue weighted by Gasteiger charge is 2.01. The minimum atomic E-state index is 0.748. The average Bonchev–Trinajstić information content (AvgIpc) is 2.31. The molecule has 0 aliphatic carbocycles. The highest BCUT2D eigenvalue weighted by molar-refractivity contribution is 9.11. The lowest BCUT2D eigenvalue weighted by Crippen LogP contribution is -1.91. The zero-order valence-electron chi connectivity index (χ0n) is 6.67. The molecule has 0 N–H and O–H groups in total. The maximum Gasteiger partial charge on any atom is 0.183 e. The van der Waals surface area contributed by atoms with E-state index in [-0.39, 0.29) is 0 Å². The molecule has 0 atom stereocenters. The first-order chi connectivity index (χ1) is 5.18. The maximum absolute atomic E-state index is 4.01. The molecule has 0 bridgehead atoms. The van der Waals surface area contributed by atoms with Gasteiger partial charge in [-0.05, 0) is 28.3 Å². The van der Waals surface area contributed by atoms with Crippen LogP contribution >= 0.6 is 27.3 Å². The van der Waals surface area contributed by atoms with Crippen molar-refractivity contribution in [3.8, 4) is 0 Å². The number of aryl methyl sites for hydroxylation is 1. The summed E-state index contributed by atoms with van der Waals surface area (Å²) < 4.78 is 0.885. The van der Waals surface area contributed by atoms with Gasteiger partial charge in [-0.2, -0.15) is 0 Å². The first-order valence-corrected chi connectivity index (χ1v) is 5.27. The van der Waals surface area contributed by atoms with Gasteiger partial charge in [-0.1, -0.05) is 25.2 Å². The van der Waals surface area contributed by atoms with Crippen LogP contribution in [0.3, 0.4) is 0 Å². The third-order valence-corrected chi connectivity index (χ3v) is 2.79.